The van der Waals surface area contributed by atoms with E-state index in [4.69, 9.17) is 11.6 Å². The number of hydrogen-bond acceptors (Lipinski definition) is 2. The molecule has 5 heteroatoms. The summed E-state index contributed by atoms with van der Waals surface area (Å²) in [5.74, 6) is 0.764. The van der Waals surface area contributed by atoms with E-state index < -0.39 is 0 Å². The van der Waals surface area contributed by atoms with E-state index in [1.807, 2.05) is 11.5 Å². The van der Waals surface area contributed by atoms with Crippen molar-refractivity contribution in [2.24, 2.45) is 0 Å². The van der Waals surface area contributed by atoms with E-state index >= 15 is 0 Å². The fourth-order valence-electron chi connectivity index (χ4n) is 1.66. The van der Waals surface area contributed by atoms with Crippen LogP contribution in [0.15, 0.2) is 0 Å². The molecule has 0 aliphatic carbocycles. The Morgan fingerprint density at radius 2 is 2.21 bits per heavy atom. The average Bonchev–Trinajstić information content (AvgIpc) is 2.35. The highest BCUT2D eigenvalue weighted by atomic mass is 35.5. The maximum atomic E-state index is 11.5. The predicted molar refractivity (Wildman–Crippen MR) is 54.6 cm³/mol. The summed E-state index contributed by atoms with van der Waals surface area (Å²) in [4.78, 5) is 17.4. The number of amides is 1. The second kappa shape index (κ2) is 3.28. The predicted octanol–water partition coefficient (Wildman–Crippen LogP) is 1.60. The van der Waals surface area contributed by atoms with Gasteiger partial charge in [-0.1, -0.05) is 11.6 Å². The molecule has 0 bridgehead atoms. The van der Waals surface area contributed by atoms with Crippen molar-refractivity contribution >= 4 is 23.5 Å². The first-order valence-corrected chi connectivity index (χ1v) is 4.98. The minimum absolute atomic E-state index is 0.102. The Kier molecular flexibility index (Phi) is 2.23. The molecule has 76 valence electrons. The van der Waals surface area contributed by atoms with Crippen LogP contribution in [0.3, 0.4) is 0 Å². The van der Waals surface area contributed by atoms with Crippen molar-refractivity contribution in [3.8, 4) is 0 Å². The van der Waals surface area contributed by atoms with Gasteiger partial charge in [0.05, 0.1) is 5.69 Å². The van der Waals surface area contributed by atoms with Crippen molar-refractivity contribution in [2.75, 3.05) is 11.9 Å². The lowest BCUT2D eigenvalue weighted by Crippen LogP contribution is -2.26. The Balaban J connectivity index is 2.53. The molecule has 2 heterocycles. The van der Waals surface area contributed by atoms with Crippen molar-refractivity contribution in [1.29, 1.82) is 0 Å². The van der Waals surface area contributed by atoms with Crippen LogP contribution >= 0.6 is 11.6 Å². The number of aryl methyl sites for hydroxylation is 1. The van der Waals surface area contributed by atoms with Crippen LogP contribution in [0.2, 0.25) is 5.15 Å². The first kappa shape index (κ1) is 9.52. The standard InChI is InChI=1S/C9H12ClN3O/c1-6-8(10)13-5-3-4-7(14)12(2)9(13)11-6/h3-5H2,1-2H3. The maximum absolute atomic E-state index is 11.5. The fourth-order valence-corrected chi connectivity index (χ4v) is 1.86. The summed E-state index contributed by atoms with van der Waals surface area (Å²) in [6.45, 7) is 2.62. The van der Waals surface area contributed by atoms with Crippen LogP contribution in [0, 0.1) is 6.92 Å². The van der Waals surface area contributed by atoms with Crippen LogP contribution in [0.5, 0.6) is 0 Å². The smallest absolute Gasteiger partial charge is 0.229 e. The number of fused-ring (bicyclic) bond motifs is 1. The van der Waals surface area contributed by atoms with Gasteiger partial charge in [-0.2, -0.15) is 0 Å². The summed E-state index contributed by atoms with van der Waals surface area (Å²) < 4.78 is 1.89. The molecule has 4 nitrogen and oxygen atoms in total. The van der Waals surface area contributed by atoms with E-state index in [1.54, 1.807) is 11.9 Å². The van der Waals surface area contributed by atoms with Gasteiger partial charge in [-0.25, -0.2) is 4.98 Å². The molecule has 1 amide bonds. The lowest BCUT2D eigenvalue weighted by molar-refractivity contribution is -0.118. The summed E-state index contributed by atoms with van der Waals surface area (Å²) >= 11 is 6.07. The Labute approximate surface area is 87.5 Å². The van der Waals surface area contributed by atoms with Crippen LogP contribution in [-0.4, -0.2) is 22.5 Å². The summed E-state index contributed by atoms with van der Waals surface area (Å²) in [6.07, 6.45) is 1.39. The van der Waals surface area contributed by atoms with Crippen molar-refractivity contribution in [1.82, 2.24) is 9.55 Å². The molecule has 0 fully saturated rings. The van der Waals surface area contributed by atoms with Crippen molar-refractivity contribution in [2.45, 2.75) is 26.3 Å². The van der Waals surface area contributed by atoms with Crippen LogP contribution in [0.1, 0.15) is 18.5 Å². The molecule has 0 unspecified atom stereocenters. The molecule has 1 aromatic heterocycles. The van der Waals surface area contributed by atoms with Crippen LogP contribution in [0.25, 0.3) is 0 Å². The first-order chi connectivity index (χ1) is 6.61. The van der Waals surface area contributed by atoms with Gasteiger partial charge in [-0.3, -0.25) is 9.69 Å². The van der Waals surface area contributed by atoms with E-state index in [0.29, 0.717) is 17.5 Å². The fraction of sp³-hybridized carbons (Fsp3) is 0.556. The summed E-state index contributed by atoms with van der Waals surface area (Å²) in [6, 6.07) is 0. The molecule has 1 aliphatic heterocycles. The Bertz CT molecular complexity index is 386. The zero-order chi connectivity index (χ0) is 10.3. The largest absolute Gasteiger partial charge is 0.301 e. The zero-order valence-corrected chi connectivity index (χ0v) is 9.01. The number of halogens is 1. The molecule has 0 radical (unpaired) electrons. The van der Waals surface area contributed by atoms with E-state index in [9.17, 15) is 4.79 Å². The second-order valence-corrected chi connectivity index (χ2v) is 3.85. The molecule has 0 saturated heterocycles. The molecule has 0 atom stereocenters. The highest BCUT2D eigenvalue weighted by Crippen LogP contribution is 2.26. The third kappa shape index (κ3) is 1.30. The summed E-state index contributed by atoms with van der Waals surface area (Å²) in [5, 5.41) is 0.640. The first-order valence-electron chi connectivity index (χ1n) is 4.60. The van der Waals surface area contributed by atoms with Gasteiger partial charge >= 0.3 is 0 Å². The van der Waals surface area contributed by atoms with Gasteiger partial charge in [0.2, 0.25) is 11.9 Å². The number of imidazole rings is 1. The number of hydrogen-bond donors (Lipinski definition) is 0. The highest BCUT2D eigenvalue weighted by molar-refractivity contribution is 6.30. The number of carbonyl (C=O) groups is 1. The van der Waals surface area contributed by atoms with Gasteiger partial charge in [0.1, 0.15) is 5.15 Å². The van der Waals surface area contributed by atoms with Gasteiger partial charge in [0, 0.05) is 20.0 Å². The number of rotatable bonds is 0. The Morgan fingerprint density at radius 3 is 2.93 bits per heavy atom. The normalized spacial score (nSPS) is 16.8. The molecular weight excluding hydrogens is 202 g/mol. The van der Waals surface area contributed by atoms with Gasteiger partial charge < -0.3 is 4.57 Å². The van der Waals surface area contributed by atoms with Gasteiger partial charge in [-0.15, -0.1) is 0 Å². The maximum Gasteiger partial charge on any atom is 0.229 e. The topological polar surface area (TPSA) is 38.1 Å². The van der Waals surface area contributed by atoms with Crippen molar-refractivity contribution in [3.05, 3.63) is 10.8 Å². The third-order valence-corrected chi connectivity index (χ3v) is 2.97. The van der Waals surface area contributed by atoms with Gasteiger partial charge in [0.25, 0.3) is 0 Å². The highest BCUT2D eigenvalue weighted by Gasteiger charge is 2.23. The zero-order valence-electron chi connectivity index (χ0n) is 8.25. The minimum atomic E-state index is 0.102. The van der Waals surface area contributed by atoms with Crippen molar-refractivity contribution in [3.63, 3.8) is 0 Å². The van der Waals surface area contributed by atoms with Crippen LogP contribution in [0.4, 0.5) is 5.95 Å². The van der Waals surface area contributed by atoms with E-state index in [2.05, 4.69) is 4.98 Å². The molecular formula is C9H12ClN3O. The van der Waals surface area contributed by atoms with E-state index in [-0.39, 0.29) is 5.91 Å². The van der Waals surface area contributed by atoms with E-state index in [0.717, 1.165) is 18.7 Å². The quantitative estimate of drug-likeness (QED) is 0.657. The number of aromatic nitrogens is 2. The summed E-state index contributed by atoms with van der Waals surface area (Å²) in [7, 11) is 1.74. The Morgan fingerprint density at radius 1 is 1.50 bits per heavy atom. The third-order valence-electron chi connectivity index (χ3n) is 2.49. The van der Waals surface area contributed by atoms with Crippen molar-refractivity contribution < 1.29 is 4.79 Å². The Hall–Kier alpha value is -1.03. The number of anilines is 1. The number of nitrogens with zero attached hydrogens (tertiary/aromatic N) is 3. The van der Waals surface area contributed by atoms with E-state index in [1.165, 1.54) is 0 Å². The minimum Gasteiger partial charge on any atom is -0.301 e. The molecule has 2 rings (SSSR count). The molecule has 0 saturated carbocycles. The van der Waals surface area contributed by atoms with Gasteiger partial charge in [-0.05, 0) is 13.3 Å². The van der Waals surface area contributed by atoms with Crippen LogP contribution in [-0.2, 0) is 11.3 Å². The molecule has 14 heavy (non-hydrogen) atoms. The molecule has 0 N–H and O–H groups in total. The lowest BCUT2D eigenvalue weighted by atomic mass is 10.3. The van der Waals surface area contributed by atoms with Crippen LogP contribution < -0.4 is 4.90 Å². The summed E-state index contributed by atoms with van der Waals surface area (Å²) in [5.41, 5.74) is 0.781. The molecule has 0 aromatic carbocycles. The second-order valence-electron chi connectivity index (χ2n) is 3.50. The lowest BCUT2D eigenvalue weighted by Gasteiger charge is -2.13. The molecule has 1 aromatic rings. The average molecular weight is 214 g/mol. The monoisotopic (exact) mass is 213 g/mol. The molecule has 1 aliphatic rings. The molecule has 0 spiro atoms. The SMILES string of the molecule is Cc1nc2n(c1Cl)CCCC(=O)N2C. The van der Waals surface area contributed by atoms with Gasteiger partial charge in [0.15, 0.2) is 0 Å². The number of carbonyl (C=O) groups excluding carboxylic acids is 1.